The van der Waals surface area contributed by atoms with Crippen LogP contribution in [0.5, 0.6) is 17.2 Å². The van der Waals surface area contributed by atoms with Gasteiger partial charge in [0, 0.05) is 24.7 Å². The van der Waals surface area contributed by atoms with Crippen LogP contribution in [0.4, 0.5) is 14.5 Å². The highest BCUT2D eigenvalue weighted by atomic mass is 79.9. The van der Waals surface area contributed by atoms with Gasteiger partial charge in [-0.25, -0.2) is 0 Å². The monoisotopic (exact) mass is 504 g/mol. The third kappa shape index (κ3) is 3.58. The van der Waals surface area contributed by atoms with Crippen molar-refractivity contribution < 1.29 is 32.9 Å². The van der Waals surface area contributed by atoms with Crippen LogP contribution in [0.1, 0.15) is 15.2 Å². The molecule has 7 nitrogen and oxygen atoms in total. The van der Waals surface area contributed by atoms with E-state index in [4.69, 9.17) is 14.2 Å². The topological polar surface area (TPSA) is 71.5 Å². The Bertz CT molecular complexity index is 986. The molecule has 1 amide bonds. The maximum atomic E-state index is 14.2. The van der Waals surface area contributed by atoms with Crippen LogP contribution in [0, 0.1) is 0 Å². The molecule has 0 aliphatic carbocycles. The van der Waals surface area contributed by atoms with E-state index in [0.29, 0.717) is 21.0 Å². The van der Waals surface area contributed by atoms with Crippen LogP contribution in [0.2, 0.25) is 0 Å². The predicted octanol–water partition coefficient (Wildman–Crippen LogP) is 3.34. The smallest absolute Gasteiger partial charge is 0.416 e. The van der Waals surface area contributed by atoms with E-state index < -0.39 is 25.3 Å². The highest BCUT2D eigenvalue weighted by molar-refractivity contribution is 9.11. The first-order valence-corrected chi connectivity index (χ1v) is 10.7. The average Bonchev–Trinajstić information content (AvgIpc) is 3.00. The highest BCUT2D eigenvalue weighted by Crippen LogP contribution is 2.52. The highest BCUT2D eigenvalue weighted by Gasteiger charge is 2.48. The molecule has 0 bridgehead atoms. The van der Waals surface area contributed by atoms with Crippen LogP contribution < -0.4 is 19.1 Å². The van der Waals surface area contributed by atoms with Crippen LogP contribution in [0.15, 0.2) is 22.0 Å². The largest absolute Gasteiger partial charge is 0.497 e. The molecular formula is C19H19BrF2N2O5S. The van der Waals surface area contributed by atoms with Crippen molar-refractivity contribution in [1.29, 1.82) is 0 Å². The first-order chi connectivity index (χ1) is 14.3. The zero-order valence-electron chi connectivity index (χ0n) is 16.2. The number of anilines is 1. The minimum atomic E-state index is -3.43. The first kappa shape index (κ1) is 21.1. The van der Waals surface area contributed by atoms with E-state index in [1.807, 2.05) is 0 Å². The number of carbonyl (C=O) groups excluding carboxylic acids is 1. The van der Waals surface area contributed by atoms with E-state index in [-0.39, 0.29) is 29.6 Å². The molecule has 0 fully saturated rings. The molecule has 162 valence electrons. The van der Waals surface area contributed by atoms with Crippen LogP contribution in [0.25, 0.3) is 0 Å². The molecule has 2 aliphatic heterocycles. The van der Waals surface area contributed by atoms with Crippen LogP contribution in [0.3, 0.4) is 0 Å². The fourth-order valence-corrected chi connectivity index (χ4v) is 5.39. The Morgan fingerprint density at radius 2 is 2.13 bits per heavy atom. The fourth-order valence-electron chi connectivity index (χ4n) is 3.71. The molecule has 30 heavy (non-hydrogen) atoms. The Morgan fingerprint density at radius 3 is 2.80 bits per heavy atom. The number of rotatable bonds is 5. The zero-order valence-corrected chi connectivity index (χ0v) is 18.6. The Kier molecular flexibility index (Phi) is 5.54. The second kappa shape index (κ2) is 7.86. The molecule has 0 saturated carbocycles. The van der Waals surface area contributed by atoms with Gasteiger partial charge in [0.25, 0.3) is 5.91 Å². The molecule has 1 aromatic heterocycles. The van der Waals surface area contributed by atoms with Gasteiger partial charge >= 0.3 is 6.11 Å². The maximum Gasteiger partial charge on any atom is 0.416 e. The molecular weight excluding hydrogens is 486 g/mol. The number of carbonyl (C=O) groups is 1. The minimum Gasteiger partial charge on any atom is -0.497 e. The van der Waals surface area contributed by atoms with Crippen molar-refractivity contribution in [3.05, 3.63) is 32.4 Å². The lowest BCUT2D eigenvalue weighted by Gasteiger charge is -2.38. The SMILES string of the molecule is COc1ccc(CN2C[C@@H](CO)N3CC(F)(F)Oc4c(Br)sc(c43)C2=O)c(OC)c1. The summed E-state index contributed by atoms with van der Waals surface area (Å²) < 4.78 is 44.2. The fraction of sp³-hybridized carbons (Fsp3) is 0.421. The molecule has 0 saturated heterocycles. The summed E-state index contributed by atoms with van der Waals surface area (Å²) in [6.07, 6.45) is -3.43. The lowest BCUT2D eigenvalue weighted by atomic mass is 10.1. The van der Waals surface area contributed by atoms with E-state index in [1.165, 1.54) is 16.9 Å². The molecule has 0 radical (unpaired) electrons. The molecule has 1 N–H and O–H groups in total. The standard InChI is InChI=1S/C19H19BrF2N2O5S/c1-27-12-4-3-10(13(5-12)28-2)6-23-7-11(8-25)24-9-19(21,22)29-15-14(24)16(18(23)26)30-17(15)20/h3-5,11,25H,6-9H2,1-2H3/t11-/m0/s1. The average molecular weight is 505 g/mol. The van der Waals surface area contributed by atoms with Crippen LogP contribution in [-0.4, -0.2) is 62.0 Å². The molecule has 11 heteroatoms. The van der Waals surface area contributed by atoms with E-state index in [2.05, 4.69) is 15.9 Å². The van der Waals surface area contributed by atoms with Crippen molar-refractivity contribution in [3.63, 3.8) is 0 Å². The third-order valence-corrected chi connectivity index (χ3v) is 6.90. The molecule has 3 heterocycles. The number of aliphatic hydroxyl groups excluding tert-OH is 1. The lowest BCUT2D eigenvalue weighted by molar-refractivity contribution is -0.173. The summed E-state index contributed by atoms with van der Waals surface area (Å²) in [7, 11) is 3.06. The van der Waals surface area contributed by atoms with Gasteiger partial charge in [0.2, 0.25) is 0 Å². The molecule has 0 spiro atoms. The Hall–Kier alpha value is -2.11. The quantitative estimate of drug-likeness (QED) is 0.673. The van der Waals surface area contributed by atoms with Gasteiger partial charge < -0.3 is 29.1 Å². The first-order valence-electron chi connectivity index (χ1n) is 9.04. The number of hydrogen-bond acceptors (Lipinski definition) is 7. The lowest BCUT2D eigenvalue weighted by Crippen LogP contribution is -2.53. The van der Waals surface area contributed by atoms with Gasteiger partial charge in [-0.2, -0.15) is 8.78 Å². The van der Waals surface area contributed by atoms with Gasteiger partial charge in [0.15, 0.2) is 5.75 Å². The van der Waals surface area contributed by atoms with Gasteiger partial charge in [0.1, 0.15) is 32.4 Å². The molecule has 1 aromatic carbocycles. The molecule has 2 aromatic rings. The number of thiophene rings is 1. The van der Waals surface area contributed by atoms with Crippen molar-refractivity contribution in [2.45, 2.75) is 18.7 Å². The molecule has 1 atom stereocenters. The molecule has 4 rings (SSSR count). The number of halogens is 3. The van der Waals surface area contributed by atoms with Gasteiger partial charge in [0.05, 0.1) is 26.9 Å². The summed E-state index contributed by atoms with van der Waals surface area (Å²) in [5.74, 6) is 0.754. The minimum absolute atomic E-state index is 0.0677. The van der Waals surface area contributed by atoms with Gasteiger partial charge in [-0.3, -0.25) is 4.79 Å². The van der Waals surface area contributed by atoms with Gasteiger partial charge in [-0.05, 0) is 28.1 Å². The van der Waals surface area contributed by atoms with Crippen molar-refractivity contribution in [3.8, 4) is 17.2 Å². The number of ether oxygens (including phenoxy) is 3. The third-order valence-electron chi connectivity index (χ3n) is 5.11. The number of benzene rings is 1. The van der Waals surface area contributed by atoms with Crippen molar-refractivity contribution >= 4 is 38.9 Å². The van der Waals surface area contributed by atoms with Crippen molar-refractivity contribution in [2.24, 2.45) is 0 Å². The molecule has 0 unspecified atom stereocenters. The summed E-state index contributed by atoms with van der Waals surface area (Å²) >= 11 is 4.28. The predicted molar refractivity (Wildman–Crippen MR) is 110 cm³/mol. The van der Waals surface area contributed by atoms with E-state index in [9.17, 15) is 18.7 Å². The van der Waals surface area contributed by atoms with Crippen molar-refractivity contribution in [1.82, 2.24) is 4.90 Å². The normalized spacial score (nSPS) is 19.8. The number of hydrogen-bond donors (Lipinski definition) is 1. The number of alkyl halides is 2. The van der Waals surface area contributed by atoms with E-state index in [1.54, 1.807) is 25.3 Å². The molecule has 2 aliphatic rings. The Morgan fingerprint density at radius 1 is 1.37 bits per heavy atom. The number of nitrogens with zero attached hydrogens (tertiary/aromatic N) is 2. The summed E-state index contributed by atoms with van der Waals surface area (Å²) in [6, 6.07) is 4.54. The summed E-state index contributed by atoms with van der Waals surface area (Å²) in [6.45, 7) is -0.892. The maximum absolute atomic E-state index is 14.2. The Labute approximate surface area is 183 Å². The van der Waals surface area contributed by atoms with E-state index in [0.717, 1.165) is 16.9 Å². The van der Waals surface area contributed by atoms with Gasteiger partial charge in [-0.1, -0.05) is 0 Å². The summed E-state index contributed by atoms with van der Waals surface area (Å²) in [4.78, 5) is 16.5. The summed E-state index contributed by atoms with van der Waals surface area (Å²) in [5.41, 5.74) is 1.02. The van der Waals surface area contributed by atoms with Crippen LogP contribution in [-0.2, 0) is 6.54 Å². The number of aliphatic hydroxyl groups is 1. The van der Waals surface area contributed by atoms with E-state index >= 15 is 0 Å². The number of amides is 1. The second-order valence-corrected chi connectivity index (χ2v) is 9.29. The van der Waals surface area contributed by atoms with Gasteiger partial charge in [-0.15, -0.1) is 11.3 Å². The second-order valence-electron chi connectivity index (χ2n) is 6.95. The summed E-state index contributed by atoms with van der Waals surface area (Å²) in [5, 5.41) is 9.96. The number of methoxy groups -OCH3 is 2. The van der Waals surface area contributed by atoms with Crippen molar-refractivity contribution in [2.75, 3.05) is 38.8 Å². The zero-order chi connectivity index (χ0) is 21.6. The Balaban J connectivity index is 1.74. The van der Waals surface area contributed by atoms with Crippen LogP contribution >= 0.6 is 27.3 Å².